The number of aromatic nitrogens is 1. The van der Waals surface area contributed by atoms with E-state index in [1.165, 1.54) is 22.0 Å². The number of ether oxygens (including phenoxy) is 1. The molecule has 2 aliphatic heterocycles. The summed E-state index contributed by atoms with van der Waals surface area (Å²) >= 11 is 0. The molecule has 0 saturated carbocycles. The number of hydrogen-bond acceptors (Lipinski definition) is 3. The molecule has 5 rings (SSSR count). The van der Waals surface area contributed by atoms with Crippen LogP contribution in [-0.2, 0) is 21.6 Å². The summed E-state index contributed by atoms with van der Waals surface area (Å²) in [5.74, 6) is 0.0599. The van der Waals surface area contributed by atoms with Gasteiger partial charge in [0.1, 0.15) is 6.61 Å². The third-order valence-electron chi connectivity index (χ3n) is 6.49. The molecule has 144 valence electrons. The summed E-state index contributed by atoms with van der Waals surface area (Å²) in [5, 5.41) is 1.24. The van der Waals surface area contributed by atoms with Gasteiger partial charge in [-0.05, 0) is 29.0 Å². The van der Waals surface area contributed by atoms with Crippen LogP contribution in [0.3, 0.4) is 0 Å². The van der Waals surface area contributed by atoms with E-state index >= 15 is 0 Å². The number of piperidine rings is 1. The van der Waals surface area contributed by atoms with Gasteiger partial charge in [0.05, 0.1) is 11.6 Å². The van der Waals surface area contributed by atoms with Gasteiger partial charge in [-0.15, -0.1) is 0 Å². The van der Waals surface area contributed by atoms with Crippen LogP contribution in [-0.4, -0.2) is 53.5 Å². The van der Waals surface area contributed by atoms with E-state index in [0.29, 0.717) is 0 Å². The number of likely N-dealkylation sites (N-methyl/N-ethyl adjacent to an activating group) is 1. The second kappa shape index (κ2) is 6.76. The first-order valence-corrected chi connectivity index (χ1v) is 9.89. The van der Waals surface area contributed by atoms with Crippen LogP contribution in [0.5, 0.6) is 0 Å². The molecule has 3 aromatic rings. The molecule has 2 aromatic carbocycles. The normalized spacial score (nSPS) is 25.8. The fourth-order valence-electron chi connectivity index (χ4n) is 4.95. The summed E-state index contributed by atoms with van der Waals surface area (Å²) in [7, 11) is 1.93. The Bertz CT molecular complexity index is 999. The van der Waals surface area contributed by atoms with Crippen LogP contribution in [0.4, 0.5) is 0 Å². The molecule has 0 bridgehead atoms. The van der Waals surface area contributed by atoms with Gasteiger partial charge < -0.3 is 14.6 Å². The second-order valence-corrected chi connectivity index (χ2v) is 7.89. The molecule has 5 nitrogen and oxygen atoms in total. The third kappa shape index (κ3) is 2.65. The Kier molecular flexibility index (Phi) is 4.22. The van der Waals surface area contributed by atoms with Crippen molar-refractivity contribution in [3.05, 3.63) is 71.9 Å². The Hall–Kier alpha value is -2.63. The number of morpholine rings is 1. The molecule has 1 amide bonds. The standard InChI is InChI=1S/C23H25N3O2/c1-25-21(27)16-28-20-15-26(13-11-23(20,25)19-8-3-2-4-9-19)14-18-7-5-6-17-10-12-24-22(17)18/h2-10,12,20,24H,11,13-16H2,1H3/t20-,23+/m1/s1. The first kappa shape index (κ1) is 17.5. The lowest BCUT2D eigenvalue weighted by Crippen LogP contribution is -2.66. The predicted molar refractivity (Wildman–Crippen MR) is 109 cm³/mol. The maximum atomic E-state index is 12.5. The van der Waals surface area contributed by atoms with E-state index < -0.39 is 0 Å². The number of amides is 1. The van der Waals surface area contributed by atoms with E-state index in [1.807, 2.05) is 36.3 Å². The van der Waals surface area contributed by atoms with Gasteiger partial charge in [-0.2, -0.15) is 0 Å². The molecule has 0 unspecified atom stereocenters. The monoisotopic (exact) mass is 375 g/mol. The molecule has 5 heteroatoms. The van der Waals surface area contributed by atoms with E-state index in [9.17, 15) is 4.79 Å². The molecule has 0 spiro atoms. The average Bonchev–Trinajstić information content (AvgIpc) is 3.22. The molecular weight excluding hydrogens is 350 g/mol. The average molecular weight is 375 g/mol. The lowest BCUT2D eigenvalue weighted by molar-refractivity contribution is -0.183. The number of aromatic amines is 1. The number of likely N-dealkylation sites (tertiary alicyclic amines) is 1. The fourth-order valence-corrected chi connectivity index (χ4v) is 4.95. The van der Waals surface area contributed by atoms with Crippen LogP contribution in [0, 0.1) is 0 Å². The zero-order chi connectivity index (χ0) is 19.1. The summed E-state index contributed by atoms with van der Waals surface area (Å²) in [6.07, 6.45) is 2.83. The van der Waals surface area contributed by atoms with Gasteiger partial charge in [0.15, 0.2) is 0 Å². The minimum absolute atomic E-state index is 0.0332. The van der Waals surface area contributed by atoms with Gasteiger partial charge in [0, 0.05) is 38.4 Å². The van der Waals surface area contributed by atoms with Crippen molar-refractivity contribution in [1.82, 2.24) is 14.8 Å². The first-order chi connectivity index (χ1) is 13.7. The highest BCUT2D eigenvalue weighted by Crippen LogP contribution is 2.42. The highest BCUT2D eigenvalue weighted by Gasteiger charge is 2.52. The van der Waals surface area contributed by atoms with E-state index in [2.05, 4.69) is 46.3 Å². The number of rotatable bonds is 3. The van der Waals surface area contributed by atoms with Crippen molar-refractivity contribution in [3.63, 3.8) is 0 Å². The Labute approximate surface area is 164 Å². The molecule has 3 heterocycles. The molecule has 1 aromatic heterocycles. The lowest BCUT2D eigenvalue weighted by atomic mass is 9.76. The van der Waals surface area contributed by atoms with Crippen molar-refractivity contribution in [1.29, 1.82) is 0 Å². The number of para-hydroxylation sites is 1. The fraction of sp³-hybridized carbons (Fsp3) is 0.348. The van der Waals surface area contributed by atoms with E-state index in [4.69, 9.17) is 4.74 Å². The summed E-state index contributed by atoms with van der Waals surface area (Å²) in [4.78, 5) is 20.2. The molecule has 2 saturated heterocycles. The van der Waals surface area contributed by atoms with Crippen molar-refractivity contribution in [2.75, 3.05) is 26.7 Å². The van der Waals surface area contributed by atoms with Crippen molar-refractivity contribution < 1.29 is 9.53 Å². The van der Waals surface area contributed by atoms with Crippen molar-refractivity contribution in [3.8, 4) is 0 Å². The molecule has 2 aliphatic rings. The Morgan fingerprint density at radius 1 is 1.14 bits per heavy atom. The molecule has 1 N–H and O–H groups in total. The number of carbonyl (C=O) groups is 1. The SMILES string of the molecule is CN1C(=O)CO[C@@H]2CN(Cc3cccc4cc[nH]c34)CC[C@]21c1ccccc1. The number of benzene rings is 2. The van der Waals surface area contributed by atoms with Crippen LogP contribution in [0.25, 0.3) is 10.9 Å². The molecule has 0 aliphatic carbocycles. The number of hydrogen-bond donors (Lipinski definition) is 1. The van der Waals surface area contributed by atoms with Crippen molar-refractivity contribution >= 4 is 16.8 Å². The molecule has 28 heavy (non-hydrogen) atoms. The Morgan fingerprint density at radius 2 is 2.00 bits per heavy atom. The van der Waals surface area contributed by atoms with Crippen LogP contribution in [0.2, 0.25) is 0 Å². The van der Waals surface area contributed by atoms with Crippen LogP contribution < -0.4 is 0 Å². The van der Waals surface area contributed by atoms with Gasteiger partial charge in [-0.3, -0.25) is 9.69 Å². The smallest absolute Gasteiger partial charge is 0.249 e. The van der Waals surface area contributed by atoms with Gasteiger partial charge in [0.25, 0.3) is 0 Å². The first-order valence-electron chi connectivity index (χ1n) is 9.89. The van der Waals surface area contributed by atoms with E-state index in [0.717, 1.165) is 26.1 Å². The Balaban J connectivity index is 1.44. The minimum atomic E-state index is -0.383. The molecule has 2 atom stereocenters. The summed E-state index contributed by atoms with van der Waals surface area (Å²) in [6, 6.07) is 18.9. The number of fused-ring (bicyclic) bond motifs is 2. The number of H-pyrrole nitrogens is 1. The summed E-state index contributed by atoms with van der Waals surface area (Å²) < 4.78 is 6.12. The Morgan fingerprint density at radius 3 is 2.86 bits per heavy atom. The van der Waals surface area contributed by atoms with Crippen molar-refractivity contribution in [2.45, 2.75) is 24.6 Å². The van der Waals surface area contributed by atoms with Crippen molar-refractivity contribution in [2.24, 2.45) is 0 Å². The zero-order valence-corrected chi connectivity index (χ0v) is 16.1. The highest BCUT2D eigenvalue weighted by molar-refractivity contribution is 5.82. The van der Waals surface area contributed by atoms with Crippen LogP contribution in [0.15, 0.2) is 60.8 Å². The quantitative estimate of drug-likeness (QED) is 0.765. The summed E-state index contributed by atoms with van der Waals surface area (Å²) in [5.41, 5.74) is 3.29. The van der Waals surface area contributed by atoms with Gasteiger partial charge >= 0.3 is 0 Å². The maximum absolute atomic E-state index is 12.5. The lowest BCUT2D eigenvalue weighted by Gasteiger charge is -2.55. The number of carbonyl (C=O) groups excluding carboxylic acids is 1. The maximum Gasteiger partial charge on any atom is 0.249 e. The predicted octanol–water partition coefficient (Wildman–Crippen LogP) is 3.13. The third-order valence-corrected chi connectivity index (χ3v) is 6.49. The molecule has 2 fully saturated rings. The number of nitrogens with one attached hydrogen (secondary N) is 1. The summed E-state index contributed by atoms with van der Waals surface area (Å²) in [6.45, 7) is 2.77. The molecular formula is C23H25N3O2. The zero-order valence-electron chi connectivity index (χ0n) is 16.1. The topological polar surface area (TPSA) is 48.6 Å². The number of nitrogens with zero attached hydrogens (tertiary/aromatic N) is 2. The minimum Gasteiger partial charge on any atom is -0.364 e. The molecule has 0 radical (unpaired) electrons. The van der Waals surface area contributed by atoms with Gasteiger partial charge in [0.2, 0.25) is 5.91 Å². The van der Waals surface area contributed by atoms with Crippen LogP contribution in [0.1, 0.15) is 17.5 Å². The van der Waals surface area contributed by atoms with Gasteiger partial charge in [-0.25, -0.2) is 0 Å². The van der Waals surface area contributed by atoms with E-state index in [-0.39, 0.29) is 24.2 Å². The largest absolute Gasteiger partial charge is 0.364 e. The highest BCUT2D eigenvalue weighted by atomic mass is 16.5. The second-order valence-electron chi connectivity index (χ2n) is 7.89. The van der Waals surface area contributed by atoms with Gasteiger partial charge in [-0.1, -0.05) is 48.5 Å². The van der Waals surface area contributed by atoms with E-state index in [1.54, 1.807) is 0 Å². The van der Waals surface area contributed by atoms with Crippen LogP contribution >= 0.6 is 0 Å².